The smallest absolute Gasteiger partial charge is 0.251 e. The van der Waals surface area contributed by atoms with Crippen LogP contribution >= 0.6 is 18.7 Å². The molecule has 36 heavy (non-hydrogen) atoms. The number of rotatable bonds is 8. The topological polar surface area (TPSA) is 117 Å². The highest BCUT2D eigenvalue weighted by molar-refractivity contribution is 7.70. The largest absolute Gasteiger partial charge is 0.495 e. The minimum atomic E-state index is -2.53. The maximum absolute atomic E-state index is 12.7. The molecule has 1 aliphatic rings. The van der Waals surface area contributed by atoms with Crippen LogP contribution in [0.25, 0.3) is 0 Å². The van der Waals surface area contributed by atoms with Gasteiger partial charge >= 0.3 is 0 Å². The molecule has 4 rings (SSSR count). The maximum atomic E-state index is 12.7. The summed E-state index contributed by atoms with van der Waals surface area (Å²) in [6.07, 6.45) is 3.29. The lowest BCUT2D eigenvalue weighted by atomic mass is 10.1. The number of carbonyl (C=O) groups excluding carboxylic acids is 1. The molecule has 0 radical (unpaired) electrons. The molecule has 190 valence electrons. The number of carbonyl (C=O) groups is 1. The molecule has 2 aromatic carbocycles. The van der Waals surface area contributed by atoms with E-state index in [1.807, 2.05) is 24.3 Å². The second-order valence-electron chi connectivity index (χ2n) is 8.92. The Hall–Kier alpha value is -3.13. The first-order chi connectivity index (χ1) is 17.2. The number of piperidine rings is 1. The summed E-state index contributed by atoms with van der Waals surface area (Å²) >= 11 is 6.35. The molecule has 0 spiro atoms. The number of anilines is 4. The van der Waals surface area contributed by atoms with Gasteiger partial charge in [0.15, 0.2) is 5.82 Å². The predicted molar refractivity (Wildman–Crippen MR) is 145 cm³/mol. The Morgan fingerprint density at radius 1 is 1.11 bits per heavy atom. The number of methoxy groups -OCH3 is 1. The van der Waals surface area contributed by atoms with E-state index in [0.29, 0.717) is 38.8 Å². The van der Waals surface area contributed by atoms with Crippen molar-refractivity contribution in [3.8, 4) is 5.75 Å². The van der Waals surface area contributed by atoms with Crippen molar-refractivity contribution in [2.45, 2.75) is 18.9 Å². The first kappa shape index (κ1) is 25.9. The fourth-order valence-corrected chi connectivity index (χ4v) is 5.28. The van der Waals surface area contributed by atoms with Crippen molar-refractivity contribution in [1.29, 1.82) is 0 Å². The number of halogens is 1. The standard InChI is InChI=1S/C25H30ClN6O3P/c1-35-21-14-16(24(33)29-17-10-12-27-13-11-17)8-9-19(21)31-25-28-15-18(26)23(32-25)30-20-6-4-5-7-22(20)36(2,3)34/h4-9,14-15,17,27H,10-13H2,1-3H3,(H,29,33)(H2,28,30,31,32). The highest BCUT2D eigenvalue weighted by Crippen LogP contribution is 2.38. The fraction of sp³-hybridized carbons (Fsp3) is 0.320. The molecule has 0 saturated carbocycles. The average molecular weight is 529 g/mol. The lowest BCUT2D eigenvalue weighted by Gasteiger charge is -2.23. The summed E-state index contributed by atoms with van der Waals surface area (Å²) in [7, 11) is -0.990. The van der Waals surface area contributed by atoms with E-state index in [0.717, 1.165) is 25.9 Å². The van der Waals surface area contributed by atoms with E-state index in [1.54, 1.807) is 31.5 Å². The third-order valence-corrected chi connectivity index (χ3v) is 7.69. The second kappa shape index (κ2) is 11.3. The van der Waals surface area contributed by atoms with Crippen LogP contribution in [0.2, 0.25) is 5.02 Å². The SMILES string of the molecule is COc1cc(C(=O)NC2CCNCC2)ccc1Nc1ncc(Cl)c(Nc2ccccc2P(C)(C)=O)n1. The van der Waals surface area contributed by atoms with E-state index in [-0.39, 0.29) is 17.9 Å². The molecule has 1 aliphatic heterocycles. The number of ether oxygens (including phenoxy) is 1. The van der Waals surface area contributed by atoms with Crippen molar-refractivity contribution in [2.24, 2.45) is 0 Å². The number of benzene rings is 2. The van der Waals surface area contributed by atoms with Crippen LogP contribution in [-0.4, -0.2) is 55.4 Å². The summed E-state index contributed by atoms with van der Waals surface area (Å²) in [4.78, 5) is 21.5. The van der Waals surface area contributed by atoms with Gasteiger partial charge in [0.2, 0.25) is 5.95 Å². The van der Waals surface area contributed by atoms with Gasteiger partial charge in [-0.05, 0) is 69.6 Å². The maximum Gasteiger partial charge on any atom is 0.251 e. The molecule has 3 aromatic rings. The molecule has 2 heterocycles. The van der Waals surface area contributed by atoms with Gasteiger partial charge < -0.3 is 30.6 Å². The highest BCUT2D eigenvalue weighted by Gasteiger charge is 2.19. The molecule has 0 aliphatic carbocycles. The lowest BCUT2D eigenvalue weighted by Crippen LogP contribution is -2.42. The summed E-state index contributed by atoms with van der Waals surface area (Å²) in [6.45, 7) is 5.23. The van der Waals surface area contributed by atoms with Gasteiger partial charge in [-0.1, -0.05) is 23.7 Å². The normalized spacial score (nSPS) is 14.2. The number of para-hydroxylation sites is 1. The minimum absolute atomic E-state index is 0.135. The van der Waals surface area contributed by atoms with E-state index < -0.39 is 7.14 Å². The third-order valence-electron chi connectivity index (χ3n) is 5.87. The zero-order valence-corrected chi connectivity index (χ0v) is 22.1. The molecule has 11 heteroatoms. The summed E-state index contributed by atoms with van der Waals surface area (Å²) < 4.78 is 18.2. The number of amides is 1. The third kappa shape index (κ3) is 6.35. The van der Waals surface area contributed by atoms with Crippen LogP contribution in [0.3, 0.4) is 0 Å². The van der Waals surface area contributed by atoms with Gasteiger partial charge in [0, 0.05) is 16.9 Å². The van der Waals surface area contributed by atoms with Gasteiger partial charge in [0.05, 0.1) is 24.7 Å². The number of nitrogens with one attached hydrogen (secondary N) is 4. The Morgan fingerprint density at radius 2 is 1.86 bits per heavy atom. The number of hydrogen-bond donors (Lipinski definition) is 4. The van der Waals surface area contributed by atoms with E-state index in [2.05, 4.69) is 31.2 Å². The zero-order valence-electron chi connectivity index (χ0n) is 20.5. The van der Waals surface area contributed by atoms with Gasteiger partial charge in [0.25, 0.3) is 5.91 Å². The zero-order chi connectivity index (χ0) is 25.7. The van der Waals surface area contributed by atoms with Crippen molar-refractivity contribution in [3.63, 3.8) is 0 Å². The summed E-state index contributed by atoms with van der Waals surface area (Å²) in [6, 6.07) is 12.7. The molecular formula is C25H30ClN6O3P. The molecule has 0 unspecified atom stereocenters. The first-order valence-electron chi connectivity index (χ1n) is 11.7. The Morgan fingerprint density at radius 3 is 2.58 bits per heavy atom. The van der Waals surface area contributed by atoms with E-state index >= 15 is 0 Å². The van der Waals surface area contributed by atoms with Crippen molar-refractivity contribution < 1.29 is 14.1 Å². The van der Waals surface area contributed by atoms with Crippen LogP contribution in [-0.2, 0) is 4.57 Å². The molecule has 4 N–H and O–H groups in total. The van der Waals surface area contributed by atoms with Gasteiger partial charge in [0.1, 0.15) is 17.9 Å². The summed E-state index contributed by atoms with van der Waals surface area (Å²) in [5.41, 5.74) is 1.77. The van der Waals surface area contributed by atoms with E-state index in [1.165, 1.54) is 13.3 Å². The summed E-state index contributed by atoms with van der Waals surface area (Å²) in [5.74, 6) is 0.987. The van der Waals surface area contributed by atoms with Crippen LogP contribution in [0.4, 0.5) is 23.1 Å². The summed E-state index contributed by atoms with van der Waals surface area (Å²) in [5, 5.41) is 13.7. The second-order valence-corrected chi connectivity index (χ2v) is 12.5. The monoisotopic (exact) mass is 528 g/mol. The van der Waals surface area contributed by atoms with Gasteiger partial charge in [-0.3, -0.25) is 4.79 Å². The molecule has 9 nitrogen and oxygen atoms in total. The first-order valence-corrected chi connectivity index (χ1v) is 14.6. The average Bonchev–Trinajstić information content (AvgIpc) is 2.86. The highest BCUT2D eigenvalue weighted by atomic mass is 35.5. The molecule has 0 bridgehead atoms. The number of aromatic nitrogens is 2. The van der Waals surface area contributed by atoms with Crippen LogP contribution in [0.5, 0.6) is 5.75 Å². The van der Waals surface area contributed by atoms with Crippen molar-refractivity contribution in [3.05, 3.63) is 59.2 Å². The molecule has 1 fully saturated rings. The van der Waals surface area contributed by atoms with Gasteiger partial charge in [-0.25, -0.2) is 4.98 Å². The molecule has 0 atom stereocenters. The molecule has 1 aromatic heterocycles. The minimum Gasteiger partial charge on any atom is -0.495 e. The van der Waals surface area contributed by atoms with Crippen LogP contribution < -0.4 is 31.3 Å². The van der Waals surface area contributed by atoms with Gasteiger partial charge in [-0.15, -0.1) is 0 Å². The van der Waals surface area contributed by atoms with Crippen LogP contribution in [0.1, 0.15) is 23.2 Å². The predicted octanol–water partition coefficient (Wildman–Crippen LogP) is 4.36. The van der Waals surface area contributed by atoms with E-state index in [9.17, 15) is 9.36 Å². The molecule has 1 saturated heterocycles. The fourth-order valence-electron chi connectivity index (χ4n) is 3.98. The lowest BCUT2D eigenvalue weighted by molar-refractivity contribution is 0.0929. The van der Waals surface area contributed by atoms with Crippen molar-refractivity contribution in [2.75, 3.05) is 44.2 Å². The number of nitrogens with zero attached hydrogens (tertiary/aromatic N) is 2. The Balaban J connectivity index is 1.53. The van der Waals surface area contributed by atoms with E-state index in [4.69, 9.17) is 16.3 Å². The van der Waals surface area contributed by atoms with Gasteiger partial charge in [-0.2, -0.15) is 4.98 Å². The van der Waals surface area contributed by atoms with Crippen molar-refractivity contribution in [1.82, 2.24) is 20.6 Å². The Kier molecular flexibility index (Phi) is 8.14. The molecule has 1 amide bonds. The van der Waals surface area contributed by atoms with Crippen LogP contribution in [0, 0.1) is 0 Å². The quantitative estimate of drug-likeness (QED) is 0.319. The Labute approximate surface area is 215 Å². The van der Waals surface area contributed by atoms with Crippen molar-refractivity contribution >= 4 is 53.1 Å². The van der Waals surface area contributed by atoms with Crippen LogP contribution in [0.15, 0.2) is 48.7 Å². The molecular weight excluding hydrogens is 499 g/mol. The Bertz CT molecular complexity index is 1290. The number of hydrogen-bond acceptors (Lipinski definition) is 8.